The predicted molar refractivity (Wildman–Crippen MR) is 107 cm³/mol. The molecule has 3 heterocycles. The topological polar surface area (TPSA) is 21.8 Å². The second kappa shape index (κ2) is 9.68. The Hall–Kier alpha value is -0.160. The number of nitrogens with zero attached hydrogens (tertiary/aromatic N) is 3. The Kier molecular flexibility index (Phi) is 7.59. The van der Waals surface area contributed by atoms with E-state index in [1.165, 1.54) is 84.3 Å². The van der Waals surface area contributed by atoms with Gasteiger partial charge in [-0.2, -0.15) is 0 Å². The largest absolute Gasteiger partial charge is 0.307 e. The maximum atomic E-state index is 3.34. The molecule has 0 aromatic rings. The second-order valence-electron chi connectivity index (χ2n) is 9.48. The van der Waals surface area contributed by atoms with Gasteiger partial charge in [-0.15, -0.1) is 0 Å². The van der Waals surface area contributed by atoms with Crippen molar-refractivity contribution in [2.24, 2.45) is 23.7 Å². The average molecular weight is 351 g/mol. The van der Waals surface area contributed by atoms with Crippen molar-refractivity contribution >= 4 is 0 Å². The fraction of sp³-hybridized carbons (Fsp3) is 1.00. The van der Waals surface area contributed by atoms with Crippen molar-refractivity contribution in [3.8, 4) is 0 Å². The van der Waals surface area contributed by atoms with Gasteiger partial charge in [0.2, 0.25) is 0 Å². The molecule has 3 aliphatic rings. The van der Waals surface area contributed by atoms with Gasteiger partial charge < -0.3 is 15.1 Å². The zero-order valence-electron chi connectivity index (χ0n) is 17.1. The van der Waals surface area contributed by atoms with Crippen LogP contribution < -0.4 is 5.32 Å². The molecule has 2 unspecified atom stereocenters. The fourth-order valence-corrected chi connectivity index (χ4v) is 5.62. The highest BCUT2D eigenvalue weighted by atomic mass is 15.2. The molecule has 3 aliphatic heterocycles. The van der Waals surface area contributed by atoms with Crippen LogP contribution in [0.2, 0.25) is 0 Å². The van der Waals surface area contributed by atoms with Crippen molar-refractivity contribution in [3.63, 3.8) is 0 Å². The molecule has 4 nitrogen and oxygen atoms in total. The minimum absolute atomic E-state index is 0.856. The van der Waals surface area contributed by atoms with Crippen LogP contribution in [0.4, 0.5) is 0 Å². The second-order valence-corrected chi connectivity index (χ2v) is 9.48. The third-order valence-electron chi connectivity index (χ3n) is 6.93. The molecule has 0 saturated carbocycles. The van der Waals surface area contributed by atoms with Gasteiger partial charge in [0.05, 0.1) is 0 Å². The van der Waals surface area contributed by atoms with Crippen LogP contribution in [0, 0.1) is 23.7 Å². The van der Waals surface area contributed by atoms with E-state index < -0.39 is 0 Å². The van der Waals surface area contributed by atoms with Crippen molar-refractivity contribution in [2.45, 2.75) is 45.4 Å². The molecular weight excluding hydrogens is 308 g/mol. The Bertz CT molecular complexity index is 372. The first kappa shape index (κ1) is 19.6. The van der Waals surface area contributed by atoms with Gasteiger partial charge >= 0.3 is 0 Å². The summed E-state index contributed by atoms with van der Waals surface area (Å²) in [6, 6.07) is 0. The molecule has 0 radical (unpaired) electrons. The standard InChI is InChI=1S/C21H42N4/c1-18-12-21(16-25(14-18)17-22-2)15-24-10-6-20(7-11-24)13-19-4-8-23(3)9-5-19/h18-22H,4-17H2,1-3H3. The summed E-state index contributed by atoms with van der Waals surface area (Å²) in [5.74, 6) is 3.76. The third kappa shape index (κ3) is 6.20. The van der Waals surface area contributed by atoms with E-state index in [0.717, 1.165) is 30.3 Å². The van der Waals surface area contributed by atoms with Crippen LogP contribution in [0.1, 0.15) is 45.4 Å². The lowest BCUT2D eigenvalue weighted by Gasteiger charge is -2.41. The van der Waals surface area contributed by atoms with Crippen molar-refractivity contribution in [3.05, 3.63) is 0 Å². The fourth-order valence-electron chi connectivity index (χ4n) is 5.62. The molecule has 0 amide bonds. The summed E-state index contributed by atoms with van der Waals surface area (Å²) >= 11 is 0. The van der Waals surface area contributed by atoms with Crippen LogP contribution in [0.15, 0.2) is 0 Å². The molecule has 0 aliphatic carbocycles. The van der Waals surface area contributed by atoms with Crippen LogP contribution in [-0.4, -0.2) is 81.3 Å². The first-order valence-electron chi connectivity index (χ1n) is 10.9. The minimum Gasteiger partial charge on any atom is -0.307 e. The molecule has 4 heteroatoms. The third-order valence-corrected chi connectivity index (χ3v) is 6.93. The highest BCUT2D eigenvalue weighted by molar-refractivity contribution is 4.82. The number of hydrogen-bond donors (Lipinski definition) is 1. The normalized spacial score (nSPS) is 32.3. The van der Waals surface area contributed by atoms with Gasteiger partial charge in [-0.25, -0.2) is 0 Å². The highest BCUT2D eigenvalue weighted by Gasteiger charge is 2.29. The lowest BCUT2D eigenvalue weighted by Crippen LogP contribution is -2.47. The molecule has 0 aromatic heterocycles. The Morgan fingerprint density at radius 3 is 2.12 bits per heavy atom. The smallest absolute Gasteiger partial charge is 0.0478 e. The molecule has 0 aromatic carbocycles. The molecule has 25 heavy (non-hydrogen) atoms. The maximum Gasteiger partial charge on any atom is 0.0478 e. The SMILES string of the molecule is CNCN1CC(C)CC(CN2CCC(CC3CCN(C)CC3)CC2)C1. The summed E-state index contributed by atoms with van der Waals surface area (Å²) in [5, 5.41) is 3.34. The molecule has 2 atom stereocenters. The van der Waals surface area contributed by atoms with Gasteiger partial charge in [0.25, 0.3) is 0 Å². The van der Waals surface area contributed by atoms with Crippen molar-refractivity contribution < 1.29 is 0 Å². The van der Waals surface area contributed by atoms with E-state index >= 15 is 0 Å². The molecule has 3 rings (SSSR count). The molecule has 3 saturated heterocycles. The van der Waals surface area contributed by atoms with E-state index in [1.54, 1.807) is 0 Å². The van der Waals surface area contributed by atoms with E-state index in [1.807, 2.05) is 0 Å². The summed E-state index contributed by atoms with van der Waals surface area (Å²) in [5.41, 5.74) is 0. The Balaban J connectivity index is 1.36. The summed E-state index contributed by atoms with van der Waals surface area (Å²) < 4.78 is 0. The number of rotatable bonds is 6. The van der Waals surface area contributed by atoms with Crippen LogP contribution in [0.5, 0.6) is 0 Å². The van der Waals surface area contributed by atoms with Crippen LogP contribution in [0.25, 0.3) is 0 Å². The Morgan fingerprint density at radius 2 is 1.48 bits per heavy atom. The van der Waals surface area contributed by atoms with E-state index in [4.69, 9.17) is 0 Å². The molecular formula is C21H42N4. The minimum atomic E-state index is 0.856. The van der Waals surface area contributed by atoms with Crippen molar-refractivity contribution in [1.82, 2.24) is 20.0 Å². The van der Waals surface area contributed by atoms with Crippen molar-refractivity contribution in [1.29, 1.82) is 0 Å². The average Bonchev–Trinajstić information content (AvgIpc) is 2.58. The zero-order valence-corrected chi connectivity index (χ0v) is 17.1. The maximum absolute atomic E-state index is 3.34. The van der Waals surface area contributed by atoms with E-state index in [-0.39, 0.29) is 0 Å². The first-order chi connectivity index (χ1) is 12.1. The van der Waals surface area contributed by atoms with Crippen molar-refractivity contribution in [2.75, 3.05) is 66.6 Å². The quantitative estimate of drug-likeness (QED) is 0.795. The summed E-state index contributed by atoms with van der Waals surface area (Å²) in [4.78, 5) is 7.90. The van der Waals surface area contributed by atoms with E-state index in [9.17, 15) is 0 Å². The number of nitrogens with one attached hydrogen (secondary N) is 1. The number of likely N-dealkylation sites (tertiary alicyclic amines) is 3. The van der Waals surface area contributed by atoms with Gasteiger partial charge in [0.1, 0.15) is 0 Å². The molecule has 0 bridgehead atoms. The zero-order chi connectivity index (χ0) is 17.6. The van der Waals surface area contributed by atoms with Crippen LogP contribution in [-0.2, 0) is 0 Å². The number of hydrogen-bond acceptors (Lipinski definition) is 4. The van der Waals surface area contributed by atoms with Gasteiger partial charge in [-0.3, -0.25) is 4.90 Å². The summed E-state index contributed by atoms with van der Waals surface area (Å²) in [6.07, 6.45) is 8.73. The molecule has 3 fully saturated rings. The first-order valence-corrected chi connectivity index (χ1v) is 10.9. The molecule has 0 spiro atoms. The van der Waals surface area contributed by atoms with Gasteiger partial charge in [-0.1, -0.05) is 6.92 Å². The summed E-state index contributed by atoms with van der Waals surface area (Å²) in [6.45, 7) is 12.8. The number of piperidine rings is 3. The monoisotopic (exact) mass is 350 g/mol. The Morgan fingerprint density at radius 1 is 0.840 bits per heavy atom. The van der Waals surface area contributed by atoms with Gasteiger partial charge in [0.15, 0.2) is 0 Å². The van der Waals surface area contributed by atoms with E-state index in [0.29, 0.717) is 0 Å². The van der Waals surface area contributed by atoms with Gasteiger partial charge in [-0.05, 0) is 102 Å². The van der Waals surface area contributed by atoms with Crippen LogP contribution >= 0.6 is 0 Å². The predicted octanol–water partition coefficient (Wildman–Crippen LogP) is 2.57. The van der Waals surface area contributed by atoms with Gasteiger partial charge in [0, 0.05) is 26.3 Å². The summed E-state index contributed by atoms with van der Waals surface area (Å²) in [7, 11) is 4.35. The lowest BCUT2D eigenvalue weighted by atomic mass is 9.82. The molecule has 146 valence electrons. The van der Waals surface area contributed by atoms with Crippen LogP contribution in [0.3, 0.4) is 0 Å². The molecule has 1 N–H and O–H groups in total. The van der Waals surface area contributed by atoms with E-state index in [2.05, 4.69) is 41.0 Å². The Labute approximate surface area is 156 Å². The highest BCUT2D eigenvalue weighted by Crippen LogP contribution is 2.30. The lowest BCUT2D eigenvalue weighted by molar-refractivity contribution is 0.0784.